The fraction of sp³-hybridized carbons (Fsp3) is 0.632. The Hall–Kier alpha value is -1.64. The maximum absolute atomic E-state index is 11.3. The third kappa shape index (κ3) is 6.79. The second-order valence-corrected chi connectivity index (χ2v) is 8.68. The van der Waals surface area contributed by atoms with E-state index in [9.17, 15) is 8.42 Å². The molecule has 1 fully saturated rings. The van der Waals surface area contributed by atoms with E-state index in [2.05, 4.69) is 15.6 Å². The Morgan fingerprint density at radius 2 is 1.89 bits per heavy atom. The molecule has 1 saturated carbocycles. The number of ether oxygens (including phenoxy) is 1. The van der Waals surface area contributed by atoms with Crippen LogP contribution in [0, 0.1) is 5.41 Å². The van der Waals surface area contributed by atoms with Gasteiger partial charge >= 0.3 is 0 Å². The number of nitrogens with two attached hydrogens (primary N) is 1. The number of sulfonamides is 1. The average Bonchev–Trinajstić information content (AvgIpc) is 3.11. The first kappa shape index (κ1) is 21.7. The molecule has 4 N–H and O–H groups in total. The van der Waals surface area contributed by atoms with Gasteiger partial charge < -0.3 is 15.4 Å². The molecule has 0 amide bonds. The minimum Gasteiger partial charge on any atom is -0.382 e. The molecule has 0 aliphatic heterocycles. The molecule has 0 spiro atoms. The largest absolute Gasteiger partial charge is 0.382 e. The predicted molar refractivity (Wildman–Crippen MR) is 108 cm³/mol. The molecule has 27 heavy (non-hydrogen) atoms. The van der Waals surface area contributed by atoms with Crippen LogP contribution in [-0.2, 0) is 21.3 Å². The molecule has 152 valence electrons. The van der Waals surface area contributed by atoms with E-state index in [-0.39, 0.29) is 10.3 Å². The van der Waals surface area contributed by atoms with Crippen molar-refractivity contribution in [2.45, 2.75) is 50.5 Å². The van der Waals surface area contributed by atoms with Gasteiger partial charge in [0, 0.05) is 33.4 Å². The summed E-state index contributed by atoms with van der Waals surface area (Å²) >= 11 is 0. The summed E-state index contributed by atoms with van der Waals surface area (Å²) in [5.41, 5.74) is 1.24. The Bertz CT molecular complexity index is 711. The van der Waals surface area contributed by atoms with Crippen LogP contribution in [0.15, 0.2) is 34.2 Å². The highest BCUT2D eigenvalue weighted by Crippen LogP contribution is 2.40. The first-order chi connectivity index (χ1) is 12.9. The molecule has 0 heterocycles. The number of hydrogen-bond acceptors (Lipinski definition) is 4. The topological polar surface area (TPSA) is 106 Å². The third-order valence-corrected chi connectivity index (χ3v) is 6.14. The summed E-state index contributed by atoms with van der Waals surface area (Å²) < 4.78 is 28.2. The van der Waals surface area contributed by atoms with Crippen molar-refractivity contribution >= 4 is 16.0 Å². The molecule has 0 bridgehead atoms. The van der Waals surface area contributed by atoms with Crippen LogP contribution in [0.3, 0.4) is 0 Å². The predicted octanol–water partition coefficient (Wildman–Crippen LogP) is 1.99. The molecule has 8 heteroatoms. The van der Waals surface area contributed by atoms with E-state index in [0.29, 0.717) is 6.54 Å². The summed E-state index contributed by atoms with van der Waals surface area (Å²) in [7, 11) is -1.91. The molecular weight excluding hydrogens is 364 g/mol. The van der Waals surface area contributed by atoms with E-state index in [0.717, 1.165) is 37.7 Å². The lowest BCUT2D eigenvalue weighted by molar-refractivity contribution is 0.105. The van der Waals surface area contributed by atoms with Crippen molar-refractivity contribution in [2.24, 2.45) is 15.5 Å². The Morgan fingerprint density at radius 1 is 1.22 bits per heavy atom. The van der Waals surface area contributed by atoms with Crippen LogP contribution in [0.5, 0.6) is 0 Å². The van der Waals surface area contributed by atoms with Crippen molar-refractivity contribution < 1.29 is 13.2 Å². The molecule has 7 nitrogen and oxygen atoms in total. The molecule has 0 atom stereocenters. The van der Waals surface area contributed by atoms with Crippen LogP contribution < -0.4 is 15.8 Å². The van der Waals surface area contributed by atoms with Crippen LogP contribution in [0.4, 0.5) is 0 Å². The Kier molecular flexibility index (Phi) is 8.07. The fourth-order valence-corrected chi connectivity index (χ4v) is 4.06. The SMILES string of the molecule is CCOCCC1(CNC(=NC)NCc2ccc(S(N)(=O)=O)cc2)CCCC1. The van der Waals surface area contributed by atoms with E-state index in [1.807, 2.05) is 6.92 Å². The Morgan fingerprint density at radius 3 is 2.44 bits per heavy atom. The number of nitrogens with zero attached hydrogens (tertiary/aromatic N) is 1. The summed E-state index contributed by atoms with van der Waals surface area (Å²) in [5, 5.41) is 11.9. The van der Waals surface area contributed by atoms with Gasteiger partial charge in [0.1, 0.15) is 0 Å². The standard InChI is InChI=1S/C19H32N4O3S/c1-3-26-13-12-19(10-4-5-11-19)15-23-18(21-2)22-14-16-6-8-17(9-7-16)27(20,24)25/h6-9H,3-5,10-15H2,1-2H3,(H2,20,24,25)(H2,21,22,23). The molecule has 1 aromatic carbocycles. The van der Waals surface area contributed by atoms with Crippen molar-refractivity contribution in [3.8, 4) is 0 Å². The van der Waals surface area contributed by atoms with Gasteiger partial charge in [-0.25, -0.2) is 13.6 Å². The average molecular weight is 397 g/mol. The van der Waals surface area contributed by atoms with Gasteiger partial charge in [0.25, 0.3) is 0 Å². The molecular formula is C19H32N4O3S. The quantitative estimate of drug-likeness (QED) is 0.336. The fourth-order valence-electron chi connectivity index (χ4n) is 3.55. The highest BCUT2D eigenvalue weighted by molar-refractivity contribution is 7.89. The van der Waals surface area contributed by atoms with Crippen molar-refractivity contribution in [3.05, 3.63) is 29.8 Å². The zero-order chi connectivity index (χ0) is 19.8. The summed E-state index contributed by atoms with van der Waals surface area (Å²) in [6, 6.07) is 6.54. The number of primary sulfonamides is 1. The molecule has 0 aromatic heterocycles. The smallest absolute Gasteiger partial charge is 0.238 e. The van der Waals surface area contributed by atoms with Gasteiger partial charge in [0.15, 0.2) is 5.96 Å². The normalized spacial score (nSPS) is 17.1. The minimum absolute atomic E-state index is 0.117. The van der Waals surface area contributed by atoms with Gasteiger partial charge in [0.05, 0.1) is 4.90 Å². The second-order valence-electron chi connectivity index (χ2n) is 7.12. The van der Waals surface area contributed by atoms with Crippen molar-refractivity contribution in [1.29, 1.82) is 0 Å². The first-order valence-electron chi connectivity index (χ1n) is 9.52. The van der Waals surface area contributed by atoms with Gasteiger partial charge in [-0.3, -0.25) is 4.99 Å². The molecule has 0 saturated heterocycles. The Balaban J connectivity index is 1.86. The number of guanidine groups is 1. The number of rotatable bonds is 9. The minimum atomic E-state index is -3.66. The lowest BCUT2D eigenvalue weighted by Gasteiger charge is -2.30. The molecule has 0 unspecified atom stereocenters. The lowest BCUT2D eigenvalue weighted by Crippen LogP contribution is -2.43. The molecule has 1 aliphatic carbocycles. The number of hydrogen-bond donors (Lipinski definition) is 3. The van der Waals surface area contributed by atoms with Crippen LogP contribution in [0.25, 0.3) is 0 Å². The maximum atomic E-state index is 11.3. The van der Waals surface area contributed by atoms with E-state index >= 15 is 0 Å². The van der Waals surface area contributed by atoms with E-state index in [1.165, 1.54) is 37.8 Å². The van der Waals surface area contributed by atoms with Gasteiger partial charge in [0.2, 0.25) is 10.0 Å². The van der Waals surface area contributed by atoms with Crippen LogP contribution in [-0.4, -0.2) is 41.2 Å². The number of aliphatic imine (C=N–C) groups is 1. The molecule has 1 aliphatic rings. The van der Waals surface area contributed by atoms with Crippen molar-refractivity contribution in [2.75, 3.05) is 26.8 Å². The zero-order valence-electron chi connectivity index (χ0n) is 16.3. The molecule has 1 aromatic rings. The van der Waals surface area contributed by atoms with Gasteiger partial charge in [-0.2, -0.15) is 0 Å². The molecule has 2 rings (SSSR count). The number of benzene rings is 1. The third-order valence-electron chi connectivity index (χ3n) is 5.21. The Labute approximate surface area is 162 Å². The number of nitrogens with one attached hydrogen (secondary N) is 2. The summed E-state index contributed by atoms with van der Waals surface area (Å²) in [6.45, 7) is 5.03. The van der Waals surface area contributed by atoms with Gasteiger partial charge in [-0.1, -0.05) is 25.0 Å². The van der Waals surface area contributed by atoms with Crippen molar-refractivity contribution in [1.82, 2.24) is 10.6 Å². The van der Waals surface area contributed by atoms with Crippen molar-refractivity contribution in [3.63, 3.8) is 0 Å². The van der Waals surface area contributed by atoms with E-state index in [4.69, 9.17) is 9.88 Å². The summed E-state index contributed by atoms with van der Waals surface area (Å²) in [5.74, 6) is 0.744. The summed E-state index contributed by atoms with van der Waals surface area (Å²) in [4.78, 5) is 4.41. The van der Waals surface area contributed by atoms with Crippen LogP contribution in [0.1, 0.15) is 44.6 Å². The molecule has 0 radical (unpaired) electrons. The highest BCUT2D eigenvalue weighted by Gasteiger charge is 2.33. The lowest BCUT2D eigenvalue weighted by atomic mass is 9.83. The van der Waals surface area contributed by atoms with Crippen LogP contribution >= 0.6 is 0 Å². The van der Waals surface area contributed by atoms with Crippen LogP contribution in [0.2, 0.25) is 0 Å². The summed E-state index contributed by atoms with van der Waals surface area (Å²) in [6.07, 6.45) is 6.06. The monoisotopic (exact) mass is 396 g/mol. The zero-order valence-corrected chi connectivity index (χ0v) is 17.1. The van der Waals surface area contributed by atoms with Gasteiger partial charge in [-0.05, 0) is 49.3 Å². The highest BCUT2D eigenvalue weighted by atomic mass is 32.2. The maximum Gasteiger partial charge on any atom is 0.238 e. The first-order valence-corrected chi connectivity index (χ1v) is 11.1. The van der Waals surface area contributed by atoms with Gasteiger partial charge in [-0.15, -0.1) is 0 Å². The second kappa shape index (κ2) is 10.1. The van der Waals surface area contributed by atoms with E-state index < -0.39 is 10.0 Å². The van der Waals surface area contributed by atoms with E-state index in [1.54, 1.807) is 19.2 Å².